The second-order valence-corrected chi connectivity index (χ2v) is 4.17. The average molecular weight is 230 g/mol. The van der Waals surface area contributed by atoms with E-state index in [4.69, 9.17) is 0 Å². The van der Waals surface area contributed by atoms with Crippen molar-refractivity contribution < 1.29 is 13.2 Å². The fourth-order valence-corrected chi connectivity index (χ4v) is 1.68. The molecule has 0 radical (unpaired) electrons. The highest BCUT2D eigenvalue weighted by Crippen LogP contribution is 2.37. The highest BCUT2D eigenvalue weighted by atomic mass is 19.4. The number of anilines is 1. The Morgan fingerprint density at radius 2 is 2.12 bits per heavy atom. The molecule has 1 fully saturated rings. The topological polar surface area (TPSA) is 24.9 Å². The predicted molar refractivity (Wildman–Crippen MR) is 55.0 cm³/mol. The van der Waals surface area contributed by atoms with Crippen molar-refractivity contribution in [3.05, 3.63) is 23.9 Å². The van der Waals surface area contributed by atoms with Crippen LogP contribution in [0.15, 0.2) is 18.3 Å². The van der Waals surface area contributed by atoms with Crippen molar-refractivity contribution in [1.82, 2.24) is 4.98 Å². The smallest absolute Gasteiger partial charge is 0.367 e. The van der Waals surface area contributed by atoms with Crippen molar-refractivity contribution in [2.24, 2.45) is 5.92 Å². The quantitative estimate of drug-likeness (QED) is 0.861. The fraction of sp³-hybridized carbons (Fsp3) is 0.545. The van der Waals surface area contributed by atoms with E-state index in [9.17, 15) is 13.2 Å². The van der Waals surface area contributed by atoms with E-state index >= 15 is 0 Å². The van der Waals surface area contributed by atoms with E-state index in [2.05, 4.69) is 10.3 Å². The molecule has 1 aliphatic rings. The van der Waals surface area contributed by atoms with Crippen molar-refractivity contribution in [2.75, 3.05) is 5.32 Å². The lowest BCUT2D eigenvalue weighted by Crippen LogP contribution is -2.21. The van der Waals surface area contributed by atoms with Gasteiger partial charge in [0, 0.05) is 12.2 Å². The number of halogens is 3. The van der Waals surface area contributed by atoms with Crippen LogP contribution in [0.5, 0.6) is 0 Å². The molecule has 1 aromatic heterocycles. The van der Waals surface area contributed by atoms with Crippen LogP contribution in [0.4, 0.5) is 19.0 Å². The van der Waals surface area contributed by atoms with Crippen molar-refractivity contribution in [3.8, 4) is 0 Å². The summed E-state index contributed by atoms with van der Waals surface area (Å²) in [6.07, 6.45) is -0.804. The van der Waals surface area contributed by atoms with Crippen LogP contribution in [-0.4, -0.2) is 11.0 Å². The zero-order chi connectivity index (χ0) is 11.8. The molecule has 0 spiro atoms. The van der Waals surface area contributed by atoms with Gasteiger partial charge in [0.1, 0.15) is 5.82 Å². The van der Waals surface area contributed by atoms with E-state index in [-0.39, 0.29) is 11.9 Å². The molecule has 5 heteroatoms. The summed E-state index contributed by atoms with van der Waals surface area (Å²) in [5, 5.41) is 2.85. The van der Waals surface area contributed by atoms with Gasteiger partial charge in [-0.05, 0) is 37.8 Å². The number of hydrogen-bond acceptors (Lipinski definition) is 2. The monoisotopic (exact) mass is 230 g/mol. The molecule has 1 aromatic rings. The van der Waals surface area contributed by atoms with Gasteiger partial charge < -0.3 is 5.32 Å². The number of alkyl halides is 3. The summed E-state index contributed by atoms with van der Waals surface area (Å²) in [6.45, 7) is 1.90. The minimum absolute atomic E-state index is 0.0519. The third-order valence-corrected chi connectivity index (χ3v) is 2.81. The number of nitrogens with zero attached hydrogens (tertiary/aromatic N) is 1. The van der Waals surface area contributed by atoms with Crippen LogP contribution < -0.4 is 5.32 Å². The Kier molecular flexibility index (Phi) is 2.78. The molecule has 0 amide bonds. The molecule has 0 aromatic carbocycles. The van der Waals surface area contributed by atoms with Crippen LogP contribution in [0.1, 0.15) is 25.3 Å². The van der Waals surface area contributed by atoms with Gasteiger partial charge in [0.25, 0.3) is 0 Å². The van der Waals surface area contributed by atoms with E-state index in [1.165, 1.54) is 12.3 Å². The molecular weight excluding hydrogens is 217 g/mol. The van der Waals surface area contributed by atoms with Crippen molar-refractivity contribution in [1.29, 1.82) is 0 Å². The summed E-state index contributed by atoms with van der Waals surface area (Å²) < 4.78 is 37.9. The van der Waals surface area contributed by atoms with Crippen LogP contribution in [0.3, 0.4) is 0 Å². The van der Waals surface area contributed by atoms with E-state index < -0.39 is 11.7 Å². The highest BCUT2D eigenvalue weighted by molar-refractivity contribution is 5.46. The molecule has 0 saturated heterocycles. The van der Waals surface area contributed by atoms with Crippen LogP contribution in [0.25, 0.3) is 0 Å². The normalized spacial score (nSPS) is 18.2. The third-order valence-electron chi connectivity index (χ3n) is 2.81. The molecule has 16 heavy (non-hydrogen) atoms. The van der Waals surface area contributed by atoms with Gasteiger partial charge in [-0.25, -0.2) is 4.98 Å². The third kappa shape index (κ3) is 2.46. The Bertz CT molecular complexity index is 372. The lowest BCUT2D eigenvalue weighted by Gasteiger charge is -2.17. The largest absolute Gasteiger partial charge is 0.419 e. The maximum Gasteiger partial charge on any atom is 0.419 e. The minimum Gasteiger partial charge on any atom is -0.367 e. The molecular formula is C11H13F3N2. The van der Waals surface area contributed by atoms with E-state index in [1.54, 1.807) is 0 Å². The summed E-state index contributed by atoms with van der Waals surface area (Å²) in [5.41, 5.74) is -0.692. The predicted octanol–water partition coefficient (Wildman–Crippen LogP) is 3.31. The Balaban J connectivity index is 2.19. The molecule has 1 atom stereocenters. The average Bonchev–Trinajstić information content (AvgIpc) is 2.99. The zero-order valence-corrected chi connectivity index (χ0v) is 8.88. The number of aromatic nitrogens is 1. The molecule has 1 heterocycles. The summed E-state index contributed by atoms with van der Waals surface area (Å²) in [4.78, 5) is 3.76. The summed E-state index contributed by atoms with van der Waals surface area (Å²) in [5.74, 6) is 0.428. The minimum atomic E-state index is -4.35. The van der Waals surface area contributed by atoms with Gasteiger partial charge >= 0.3 is 6.18 Å². The number of rotatable bonds is 3. The van der Waals surface area contributed by atoms with E-state index in [0.717, 1.165) is 18.9 Å². The second-order valence-electron chi connectivity index (χ2n) is 4.17. The van der Waals surface area contributed by atoms with Gasteiger partial charge in [0.05, 0.1) is 5.56 Å². The molecule has 1 aliphatic carbocycles. The molecule has 2 rings (SSSR count). The SMILES string of the molecule is CC(Nc1ncccc1C(F)(F)F)C1CC1. The standard InChI is InChI=1S/C11H13F3N2/c1-7(8-4-5-8)16-10-9(11(12,13)14)3-2-6-15-10/h2-3,6-8H,4-5H2,1H3,(H,15,16). The van der Waals surface area contributed by atoms with Gasteiger partial charge in [-0.15, -0.1) is 0 Å². The molecule has 0 aliphatic heterocycles. The van der Waals surface area contributed by atoms with Crippen LogP contribution in [-0.2, 0) is 6.18 Å². The van der Waals surface area contributed by atoms with E-state index in [1.807, 2.05) is 6.92 Å². The van der Waals surface area contributed by atoms with Gasteiger partial charge in [-0.2, -0.15) is 13.2 Å². The Morgan fingerprint density at radius 3 is 2.69 bits per heavy atom. The summed E-state index contributed by atoms with van der Waals surface area (Å²) in [6, 6.07) is 2.40. The summed E-state index contributed by atoms with van der Waals surface area (Å²) >= 11 is 0. The van der Waals surface area contributed by atoms with Crippen molar-refractivity contribution in [2.45, 2.75) is 32.0 Å². The van der Waals surface area contributed by atoms with Gasteiger partial charge in [0.2, 0.25) is 0 Å². The highest BCUT2D eigenvalue weighted by Gasteiger charge is 2.35. The summed E-state index contributed by atoms with van der Waals surface area (Å²) in [7, 11) is 0. The first-order valence-electron chi connectivity index (χ1n) is 5.27. The first kappa shape index (κ1) is 11.2. The molecule has 88 valence electrons. The van der Waals surface area contributed by atoms with Gasteiger partial charge in [0.15, 0.2) is 0 Å². The van der Waals surface area contributed by atoms with Gasteiger partial charge in [-0.3, -0.25) is 0 Å². The van der Waals surface area contributed by atoms with Gasteiger partial charge in [-0.1, -0.05) is 0 Å². The molecule has 2 nitrogen and oxygen atoms in total. The van der Waals surface area contributed by atoms with E-state index in [0.29, 0.717) is 5.92 Å². The number of nitrogens with one attached hydrogen (secondary N) is 1. The fourth-order valence-electron chi connectivity index (χ4n) is 1.68. The van der Waals surface area contributed by atoms with Crippen LogP contribution >= 0.6 is 0 Å². The Labute approximate surface area is 91.9 Å². The zero-order valence-electron chi connectivity index (χ0n) is 8.88. The van der Waals surface area contributed by atoms with Crippen LogP contribution in [0.2, 0.25) is 0 Å². The number of pyridine rings is 1. The Hall–Kier alpha value is -1.26. The first-order valence-corrected chi connectivity index (χ1v) is 5.27. The lowest BCUT2D eigenvalue weighted by molar-refractivity contribution is -0.137. The maximum atomic E-state index is 12.6. The van der Waals surface area contributed by atoms with Crippen LogP contribution in [0, 0.1) is 5.92 Å². The molecule has 0 bridgehead atoms. The first-order chi connectivity index (χ1) is 7.48. The van der Waals surface area contributed by atoms with Crippen molar-refractivity contribution in [3.63, 3.8) is 0 Å². The number of hydrogen-bond donors (Lipinski definition) is 1. The maximum absolute atomic E-state index is 12.6. The lowest BCUT2D eigenvalue weighted by atomic mass is 10.2. The molecule has 1 N–H and O–H groups in total. The van der Waals surface area contributed by atoms with Crippen molar-refractivity contribution >= 4 is 5.82 Å². The second kappa shape index (κ2) is 3.96. The molecule has 1 unspecified atom stereocenters. The Morgan fingerprint density at radius 1 is 1.44 bits per heavy atom. The molecule has 1 saturated carbocycles.